The Kier molecular flexibility index (Phi) is 4.80. The summed E-state index contributed by atoms with van der Waals surface area (Å²) >= 11 is 0. The molecule has 1 aromatic carbocycles. The van der Waals surface area contributed by atoms with Crippen molar-refractivity contribution in [1.82, 2.24) is 10.2 Å². The van der Waals surface area contributed by atoms with Gasteiger partial charge in [-0.05, 0) is 43.0 Å². The molecule has 2 fully saturated rings. The van der Waals surface area contributed by atoms with E-state index in [1.54, 1.807) is 18.2 Å². The van der Waals surface area contributed by atoms with Crippen LogP contribution >= 0.6 is 0 Å². The van der Waals surface area contributed by atoms with Crippen molar-refractivity contribution < 1.29 is 14.4 Å². The van der Waals surface area contributed by atoms with Gasteiger partial charge in [-0.3, -0.25) is 14.5 Å². The number of carbonyl (C=O) groups excluding carboxylic acids is 3. The molecule has 1 saturated carbocycles. The molecule has 0 radical (unpaired) electrons. The van der Waals surface area contributed by atoms with Gasteiger partial charge in [0.25, 0.3) is 0 Å². The average molecular weight is 330 g/mol. The molecular formula is C17H22N4O3. The molecule has 0 unspecified atom stereocenters. The summed E-state index contributed by atoms with van der Waals surface area (Å²) in [4.78, 5) is 36.9. The minimum Gasteiger partial charge on any atom is -0.330 e. The number of imide groups is 1. The molecule has 2 atom stereocenters. The van der Waals surface area contributed by atoms with Crippen LogP contribution in [0, 0.1) is 11.8 Å². The highest BCUT2D eigenvalue weighted by Crippen LogP contribution is 2.32. The molecule has 128 valence electrons. The Labute approximate surface area is 140 Å². The summed E-state index contributed by atoms with van der Waals surface area (Å²) in [6, 6.07) is 6.85. The van der Waals surface area contributed by atoms with Gasteiger partial charge in [-0.25, -0.2) is 4.79 Å². The summed E-state index contributed by atoms with van der Waals surface area (Å²) in [6.45, 7) is 0.769. The Balaban J connectivity index is 1.66. The second-order valence-electron chi connectivity index (χ2n) is 6.36. The quantitative estimate of drug-likeness (QED) is 0.702. The number of nitrogens with two attached hydrogens (primary N) is 1. The lowest BCUT2D eigenvalue weighted by Crippen LogP contribution is -2.30. The fraction of sp³-hybridized carbons (Fsp3) is 0.471. The highest BCUT2D eigenvalue weighted by atomic mass is 16.2. The number of carbonyl (C=O) groups is 3. The van der Waals surface area contributed by atoms with Crippen LogP contribution in [0.1, 0.15) is 24.8 Å². The van der Waals surface area contributed by atoms with Crippen LogP contribution in [0.2, 0.25) is 0 Å². The van der Waals surface area contributed by atoms with Gasteiger partial charge >= 0.3 is 6.03 Å². The first kappa shape index (κ1) is 16.4. The number of benzene rings is 1. The second kappa shape index (κ2) is 7.00. The van der Waals surface area contributed by atoms with E-state index >= 15 is 0 Å². The molecule has 7 nitrogen and oxygen atoms in total. The molecular weight excluding hydrogens is 308 g/mol. The van der Waals surface area contributed by atoms with E-state index in [0.29, 0.717) is 12.2 Å². The summed E-state index contributed by atoms with van der Waals surface area (Å²) in [5.41, 5.74) is 7.21. The van der Waals surface area contributed by atoms with E-state index in [2.05, 4.69) is 10.6 Å². The van der Waals surface area contributed by atoms with Crippen molar-refractivity contribution in [3.63, 3.8) is 0 Å². The molecule has 4 amide bonds. The van der Waals surface area contributed by atoms with Gasteiger partial charge in [0, 0.05) is 11.6 Å². The van der Waals surface area contributed by atoms with Crippen LogP contribution in [0.15, 0.2) is 24.3 Å². The van der Waals surface area contributed by atoms with E-state index < -0.39 is 0 Å². The van der Waals surface area contributed by atoms with E-state index in [1.165, 1.54) is 4.90 Å². The molecule has 1 aliphatic carbocycles. The Hall–Kier alpha value is -2.41. The van der Waals surface area contributed by atoms with Crippen molar-refractivity contribution in [2.24, 2.45) is 17.6 Å². The molecule has 4 N–H and O–H groups in total. The van der Waals surface area contributed by atoms with Crippen LogP contribution in [0.5, 0.6) is 0 Å². The second-order valence-corrected chi connectivity index (χ2v) is 6.36. The topological polar surface area (TPSA) is 105 Å². The third-order valence-corrected chi connectivity index (χ3v) is 4.77. The van der Waals surface area contributed by atoms with Gasteiger partial charge in [-0.1, -0.05) is 18.6 Å². The standard InChI is InChI=1S/C17H22N4O3/c18-8-12-4-2-6-14(12)16(23)20-13-5-1-3-11(7-13)10-21-15(22)9-19-17(21)24/h1,3,5,7,12,14H,2,4,6,8-10,18H2,(H,19,24)(H,20,23)/t12-,14-/m1/s1. The Morgan fingerprint density at radius 3 is 2.88 bits per heavy atom. The summed E-state index contributed by atoms with van der Waals surface area (Å²) in [7, 11) is 0. The van der Waals surface area contributed by atoms with E-state index in [1.807, 2.05) is 6.07 Å². The number of nitrogens with zero attached hydrogens (tertiary/aromatic N) is 1. The monoisotopic (exact) mass is 330 g/mol. The Morgan fingerprint density at radius 1 is 1.33 bits per heavy atom. The van der Waals surface area contributed by atoms with Gasteiger partial charge in [0.05, 0.1) is 13.1 Å². The molecule has 2 aliphatic rings. The molecule has 1 aromatic rings. The van der Waals surface area contributed by atoms with Gasteiger partial charge < -0.3 is 16.4 Å². The third kappa shape index (κ3) is 3.41. The van der Waals surface area contributed by atoms with Crippen molar-refractivity contribution in [3.05, 3.63) is 29.8 Å². The maximum absolute atomic E-state index is 12.4. The van der Waals surface area contributed by atoms with Crippen molar-refractivity contribution in [2.75, 3.05) is 18.4 Å². The van der Waals surface area contributed by atoms with Crippen LogP contribution in [0.25, 0.3) is 0 Å². The normalized spacial score (nSPS) is 23.5. The lowest BCUT2D eigenvalue weighted by molar-refractivity contribution is -0.125. The number of hydrogen-bond donors (Lipinski definition) is 3. The van der Waals surface area contributed by atoms with E-state index in [9.17, 15) is 14.4 Å². The fourth-order valence-corrected chi connectivity index (χ4v) is 3.44. The molecule has 24 heavy (non-hydrogen) atoms. The first-order chi connectivity index (χ1) is 11.6. The average Bonchev–Trinajstić information content (AvgIpc) is 3.17. The molecule has 0 spiro atoms. The molecule has 1 saturated heterocycles. The van der Waals surface area contributed by atoms with Crippen LogP contribution in [0.3, 0.4) is 0 Å². The van der Waals surface area contributed by atoms with E-state index in [-0.39, 0.29) is 42.8 Å². The van der Waals surface area contributed by atoms with Crippen molar-refractivity contribution in [3.8, 4) is 0 Å². The van der Waals surface area contributed by atoms with E-state index in [4.69, 9.17) is 5.73 Å². The summed E-state index contributed by atoms with van der Waals surface area (Å²) in [5.74, 6) is -0.0371. The van der Waals surface area contributed by atoms with Gasteiger partial charge in [0.1, 0.15) is 0 Å². The lowest BCUT2D eigenvalue weighted by atomic mass is 9.95. The van der Waals surface area contributed by atoms with Crippen LogP contribution in [0.4, 0.5) is 10.5 Å². The zero-order chi connectivity index (χ0) is 17.1. The highest BCUT2D eigenvalue weighted by molar-refractivity contribution is 6.01. The number of urea groups is 1. The number of hydrogen-bond acceptors (Lipinski definition) is 4. The number of nitrogens with one attached hydrogen (secondary N) is 2. The van der Waals surface area contributed by atoms with Gasteiger partial charge in [0.2, 0.25) is 11.8 Å². The SMILES string of the molecule is NC[C@H]1CCC[C@H]1C(=O)Nc1cccc(CN2C(=O)CNC2=O)c1. The minimum atomic E-state index is -0.383. The predicted molar refractivity (Wildman–Crippen MR) is 88.9 cm³/mol. The zero-order valence-electron chi connectivity index (χ0n) is 13.5. The molecule has 0 bridgehead atoms. The van der Waals surface area contributed by atoms with Crippen LogP contribution in [-0.4, -0.2) is 35.8 Å². The van der Waals surface area contributed by atoms with Crippen LogP contribution in [-0.2, 0) is 16.1 Å². The molecule has 0 aromatic heterocycles. The largest absolute Gasteiger partial charge is 0.330 e. The maximum Gasteiger partial charge on any atom is 0.324 e. The molecule has 1 heterocycles. The molecule has 1 aliphatic heterocycles. The molecule has 3 rings (SSSR count). The Bertz CT molecular complexity index is 645. The van der Waals surface area contributed by atoms with Crippen LogP contribution < -0.4 is 16.4 Å². The van der Waals surface area contributed by atoms with Gasteiger partial charge in [0.15, 0.2) is 0 Å². The summed E-state index contributed by atoms with van der Waals surface area (Å²) < 4.78 is 0. The molecule has 7 heteroatoms. The summed E-state index contributed by atoms with van der Waals surface area (Å²) in [5, 5.41) is 5.43. The van der Waals surface area contributed by atoms with Crippen molar-refractivity contribution >= 4 is 23.5 Å². The van der Waals surface area contributed by atoms with Crippen molar-refractivity contribution in [2.45, 2.75) is 25.8 Å². The Morgan fingerprint density at radius 2 is 2.17 bits per heavy atom. The number of rotatable bonds is 5. The van der Waals surface area contributed by atoms with Crippen molar-refractivity contribution in [1.29, 1.82) is 0 Å². The lowest BCUT2D eigenvalue weighted by Gasteiger charge is -2.18. The van der Waals surface area contributed by atoms with E-state index in [0.717, 1.165) is 24.8 Å². The first-order valence-corrected chi connectivity index (χ1v) is 8.26. The minimum absolute atomic E-state index is 0.00454. The third-order valence-electron chi connectivity index (χ3n) is 4.77. The predicted octanol–water partition coefficient (Wildman–Crippen LogP) is 1.05. The number of amides is 4. The number of anilines is 1. The maximum atomic E-state index is 12.4. The first-order valence-electron chi connectivity index (χ1n) is 8.26. The zero-order valence-corrected chi connectivity index (χ0v) is 13.5. The van der Waals surface area contributed by atoms with Gasteiger partial charge in [-0.15, -0.1) is 0 Å². The van der Waals surface area contributed by atoms with Gasteiger partial charge in [-0.2, -0.15) is 0 Å². The smallest absolute Gasteiger partial charge is 0.324 e. The highest BCUT2D eigenvalue weighted by Gasteiger charge is 2.32. The fourth-order valence-electron chi connectivity index (χ4n) is 3.44. The summed E-state index contributed by atoms with van der Waals surface area (Å²) in [6.07, 6.45) is 2.91.